The molecule has 0 bridgehead atoms. The van der Waals surface area contributed by atoms with Crippen molar-refractivity contribution in [2.45, 2.75) is 6.92 Å². The summed E-state index contributed by atoms with van der Waals surface area (Å²) >= 11 is 6.17. The van der Waals surface area contributed by atoms with Gasteiger partial charge < -0.3 is 4.57 Å². The summed E-state index contributed by atoms with van der Waals surface area (Å²) in [6.45, 7) is 2.01. The largest absolute Gasteiger partial charge is 0.323 e. The van der Waals surface area contributed by atoms with E-state index < -0.39 is 0 Å². The van der Waals surface area contributed by atoms with Gasteiger partial charge in [0.15, 0.2) is 0 Å². The smallest absolute Gasteiger partial charge is 0.0464 e. The first kappa shape index (κ1) is 12.1. The second-order valence-corrected chi connectivity index (χ2v) is 5.01. The molecule has 0 saturated carbocycles. The molecule has 3 rings (SSSR count). The Morgan fingerprint density at radius 1 is 0.895 bits per heavy atom. The molecular weight excluding hydrogens is 254 g/mol. The van der Waals surface area contributed by atoms with Gasteiger partial charge in [-0.3, -0.25) is 0 Å². The van der Waals surface area contributed by atoms with Crippen LogP contribution in [0.5, 0.6) is 0 Å². The first-order valence-electron chi connectivity index (χ1n) is 6.24. The van der Waals surface area contributed by atoms with Crippen molar-refractivity contribution in [3.05, 3.63) is 77.6 Å². The average Bonchev–Trinajstić information content (AvgIpc) is 2.93. The van der Waals surface area contributed by atoms with Crippen molar-refractivity contribution in [3.63, 3.8) is 0 Å². The van der Waals surface area contributed by atoms with Gasteiger partial charge in [-0.1, -0.05) is 48.0 Å². The lowest BCUT2D eigenvalue weighted by Crippen LogP contribution is -1.90. The van der Waals surface area contributed by atoms with E-state index in [1.54, 1.807) is 0 Å². The SMILES string of the molecule is Cc1ccc(-n2ccc(-c3ccccc3)c2)cc1Cl. The molecule has 0 aliphatic heterocycles. The quantitative estimate of drug-likeness (QED) is 0.608. The van der Waals surface area contributed by atoms with Crippen molar-refractivity contribution >= 4 is 11.6 Å². The first-order valence-corrected chi connectivity index (χ1v) is 6.62. The van der Waals surface area contributed by atoms with Gasteiger partial charge in [0.2, 0.25) is 0 Å². The van der Waals surface area contributed by atoms with E-state index in [9.17, 15) is 0 Å². The minimum Gasteiger partial charge on any atom is -0.323 e. The van der Waals surface area contributed by atoms with E-state index in [0.29, 0.717) is 0 Å². The highest BCUT2D eigenvalue weighted by atomic mass is 35.5. The number of rotatable bonds is 2. The molecule has 0 N–H and O–H groups in total. The predicted octanol–water partition coefficient (Wildman–Crippen LogP) is 5.11. The second-order valence-electron chi connectivity index (χ2n) is 4.61. The average molecular weight is 268 g/mol. The summed E-state index contributed by atoms with van der Waals surface area (Å²) in [5.74, 6) is 0. The van der Waals surface area contributed by atoms with Crippen LogP contribution in [-0.4, -0.2) is 4.57 Å². The Labute approximate surface area is 118 Å². The van der Waals surface area contributed by atoms with Crippen LogP contribution in [0.3, 0.4) is 0 Å². The van der Waals surface area contributed by atoms with Gasteiger partial charge in [-0.2, -0.15) is 0 Å². The van der Waals surface area contributed by atoms with Gasteiger partial charge in [0.05, 0.1) is 0 Å². The van der Waals surface area contributed by atoms with Gasteiger partial charge in [0, 0.05) is 23.1 Å². The molecule has 1 nitrogen and oxygen atoms in total. The lowest BCUT2D eigenvalue weighted by Gasteiger charge is -2.05. The molecule has 1 aromatic heterocycles. The lowest BCUT2D eigenvalue weighted by atomic mass is 10.1. The van der Waals surface area contributed by atoms with E-state index in [-0.39, 0.29) is 0 Å². The topological polar surface area (TPSA) is 4.93 Å². The highest BCUT2D eigenvalue weighted by molar-refractivity contribution is 6.31. The van der Waals surface area contributed by atoms with E-state index in [1.165, 1.54) is 11.1 Å². The Hall–Kier alpha value is -1.99. The van der Waals surface area contributed by atoms with Crippen molar-refractivity contribution in [1.82, 2.24) is 4.57 Å². The van der Waals surface area contributed by atoms with E-state index in [4.69, 9.17) is 11.6 Å². The number of benzene rings is 2. The van der Waals surface area contributed by atoms with Gasteiger partial charge in [0.1, 0.15) is 0 Å². The molecule has 2 heteroatoms. The summed E-state index contributed by atoms with van der Waals surface area (Å²) in [6.07, 6.45) is 4.18. The molecule has 1 heterocycles. The molecule has 19 heavy (non-hydrogen) atoms. The Balaban J connectivity index is 1.99. The second kappa shape index (κ2) is 4.94. The van der Waals surface area contributed by atoms with Crippen LogP contribution in [0.1, 0.15) is 5.56 Å². The summed E-state index contributed by atoms with van der Waals surface area (Å²) in [5.41, 5.74) is 4.61. The Morgan fingerprint density at radius 2 is 1.68 bits per heavy atom. The van der Waals surface area contributed by atoms with Crippen LogP contribution in [0.4, 0.5) is 0 Å². The maximum atomic E-state index is 6.17. The normalized spacial score (nSPS) is 10.6. The summed E-state index contributed by atoms with van der Waals surface area (Å²) in [5, 5.41) is 0.799. The van der Waals surface area contributed by atoms with Crippen molar-refractivity contribution in [1.29, 1.82) is 0 Å². The molecular formula is C17H14ClN. The summed E-state index contributed by atoms with van der Waals surface area (Å²) in [4.78, 5) is 0. The van der Waals surface area contributed by atoms with Crippen LogP contribution in [-0.2, 0) is 0 Å². The molecule has 2 aromatic carbocycles. The van der Waals surface area contributed by atoms with Crippen molar-refractivity contribution < 1.29 is 0 Å². The van der Waals surface area contributed by atoms with Crippen molar-refractivity contribution in [2.24, 2.45) is 0 Å². The Bertz CT molecular complexity index is 698. The fourth-order valence-electron chi connectivity index (χ4n) is 2.10. The minimum atomic E-state index is 0.799. The third kappa shape index (κ3) is 2.42. The van der Waals surface area contributed by atoms with Crippen LogP contribution in [0.2, 0.25) is 5.02 Å². The van der Waals surface area contributed by atoms with E-state index in [0.717, 1.165) is 16.3 Å². The molecule has 0 atom stereocenters. The van der Waals surface area contributed by atoms with Crippen LogP contribution < -0.4 is 0 Å². The Kier molecular flexibility index (Phi) is 3.14. The zero-order valence-electron chi connectivity index (χ0n) is 10.7. The van der Waals surface area contributed by atoms with Crippen molar-refractivity contribution in [3.8, 4) is 16.8 Å². The molecule has 3 aromatic rings. The number of aromatic nitrogens is 1. The van der Waals surface area contributed by atoms with Gasteiger partial charge >= 0.3 is 0 Å². The van der Waals surface area contributed by atoms with Gasteiger partial charge in [0.25, 0.3) is 0 Å². The van der Waals surface area contributed by atoms with E-state index >= 15 is 0 Å². The zero-order valence-corrected chi connectivity index (χ0v) is 11.4. The molecule has 0 saturated heterocycles. The number of aryl methyl sites for hydroxylation is 1. The monoisotopic (exact) mass is 267 g/mol. The van der Waals surface area contributed by atoms with Gasteiger partial charge in [-0.15, -0.1) is 0 Å². The molecule has 0 fully saturated rings. The molecule has 0 radical (unpaired) electrons. The van der Waals surface area contributed by atoms with Crippen LogP contribution in [0.25, 0.3) is 16.8 Å². The van der Waals surface area contributed by atoms with Crippen LogP contribution in [0.15, 0.2) is 67.0 Å². The fraction of sp³-hybridized carbons (Fsp3) is 0.0588. The molecule has 0 spiro atoms. The standard InChI is InChI=1S/C17H14ClN/c1-13-7-8-16(11-17(13)18)19-10-9-15(12-19)14-5-3-2-4-6-14/h2-12H,1H3. The molecule has 0 aliphatic rings. The van der Waals surface area contributed by atoms with E-state index in [2.05, 4.69) is 53.4 Å². The highest BCUT2D eigenvalue weighted by Crippen LogP contribution is 2.24. The summed E-state index contributed by atoms with van der Waals surface area (Å²) in [6, 6.07) is 18.6. The number of hydrogen-bond acceptors (Lipinski definition) is 0. The third-order valence-corrected chi connectivity index (χ3v) is 3.66. The van der Waals surface area contributed by atoms with Gasteiger partial charge in [-0.25, -0.2) is 0 Å². The molecule has 0 unspecified atom stereocenters. The lowest BCUT2D eigenvalue weighted by molar-refractivity contribution is 1.08. The maximum absolute atomic E-state index is 6.17. The maximum Gasteiger partial charge on any atom is 0.0464 e. The zero-order chi connectivity index (χ0) is 13.2. The van der Waals surface area contributed by atoms with Crippen LogP contribution in [0, 0.1) is 6.92 Å². The number of nitrogens with zero attached hydrogens (tertiary/aromatic N) is 1. The van der Waals surface area contributed by atoms with E-state index in [1.807, 2.05) is 25.1 Å². The summed E-state index contributed by atoms with van der Waals surface area (Å²) in [7, 11) is 0. The fourth-order valence-corrected chi connectivity index (χ4v) is 2.28. The number of hydrogen-bond donors (Lipinski definition) is 0. The van der Waals surface area contributed by atoms with Gasteiger partial charge in [-0.05, 0) is 41.8 Å². The molecule has 0 amide bonds. The third-order valence-electron chi connectivity index (χ3n) is 3.25. The summed E-state index contributed by atoms with van der Waals surface area (Å²) < 4.78 is 2.09. The van der Waals surface area contributed by atoms with Crippen LogP contribution >= 0.6 is 11.6 Å². The first-order chi connectivity index (χ1) is 9.24. The molecule has 0 aliphatic carbocycles. The number of halogens is 1. The molecule has 94 valence electrons. The minimum absolute atomic E-state index is 0.799. The Morgan fingerprint density at radius 3 is 2.42 bits per heavy atom. The highest BCUT2D eigenvalue weighted by Gasteiger charge is 2.03. The van der Waals surface area contributed by atoms with Crippen molar-refractivity contribution in [2.75, 3.05) is 0 Å². The predicted molar refractivity (Wildman–Crippen MR) is 81.0 cm³/mol.